The van der Waals surface area contributed by atoms with Gasteiger partial charge in [0, 0.05) is 24.0 Å². The van der Waals surface area contributed by atoms with Crippen molar-refractivity contribution in [2.75, 3.05) is 18.0 Å². The number of hydrogen-bond acceptors (Lipinski definition) is 4. The van der Waals surface area contributed by atoms with Gasteiger partial charge in [-0.1, -0.05) is 35.9 Å². The van der Waals surface area contributed by atoms with Gasteiger partial charge in [0.05, 0.1) is 5.39 Å². The number of fused-ring (bicyclic) bond motifs is 1. The molecule has 24 heavy (non-hydrogen) atoms. The number of hydrogen-bond donors (Lipinski definition) is 0. The van der Waals surface area contributed by atoms with E-state index >= 15 is 0 Å². The normalized spacial score (nSPS) is 10.8. The molecule has 2 aromatic heterocycles. The van der Waals surface area contributed by atoms with Gasteiger partial charge in [-0.2, -0.15) is 0 Å². The van der Waals surface area contributed by atoms with Crippen molar-refractivity contribution in [3.05, 3.63) is 66.3 Å². The van der Waals surface area contributed by atoms with Crippen molar-refractivity contribution >= 4 is 27.4 Å². The molecule has 0 amide bonds. The van der Waals surface area contributed by atoms with E-state index in [1.165, 1.54) is 22.3 Å². The lowest BCUT2D eigenvalue weighted by atomic mass is 9.99. The molecule has 0 spiro atoms. The van der Waals surface area contributed by atoms with E-state index in [9.17, 15) is 0 Å². The molecule has 0 aliphatic rings. The van der Waals surface area contributed by atoms with E-state index in [2.05, 4.69) is 65.5 Å². The van der Waals surface area contributed by atoms with Crippen LogP contribution in [0.2, 0.25) is 0 Å². The highest BCUT2D eigenvalue weighted by Crippen LogP contribution is 2.39. The minimum Gasteiger partial charge on any atom is -0.349 e. The minimum absolute atomic E-state index is 0.723. The van der Waals surface area contributed by atoms with E-state index in [-0.39, 0.29) is 0 Å². The first kappa shape index (κ1) is 16.4. The highest BCUT2D eigenvalue weighted by molar-refractivity contribution is 7.17. The van der Waals surface area contributed by atoms with Crippen LogP contribution in [0.1, 0.15) is 11.1 Å². The molecule has 0 radical (unpaired) electrons. The molecule has 0 aliphatic heterocycles. The first-order chi connectivity index (χ1) is 11.7. The predicted octanol–water partition coefficient (Wildman–Crippen LogP) is 5.15. The van der Waals surface area contributed by atoms with Gasteiger partial charge in [-0.15, -0.1) is 24.5 Å². The molecule has 0 unspecified atom stereocenters. The second-order valence-corrected chi connectivity index (χ2v) is 6.69. The largest absolute Gasteiger partial charge is 0.349 e. The van der Waals surface area contributed by atoms with Gasteiger partial charge in [0.1, 0.15) is 17.0 Å². The Kier molecular flexibility index (Phi) is 4.76. The fraction of sp³-hybridized carbons (Fsp3) is 0.200. The first-order valence-corrected chi connectivity index (χ1v) is 8.80. The molecule has 4 heteroatoms. The zero-order valence-corrected chi connectivity index (χ0v) is 14.9. The lowest BCUT2D eigenvalue weighted by Gasteiger charge is -2.21. The summed E-state index contributed by atoms with van der Waals surface area (Å²) in [6, 6.07) is 6.56. The van der Waals surface area contributed by atoms with E-state index in [0.29, 0.717) is 0 Å². The Hall–Kier alpha value is -2.46. The van der Waals surface area contributed by atoms with Crippen molar-refractivity contribution in [2.24, 2.45) is 0 Å². The molecule has 0 bridgehead atoms. The van der Waals surface area contributed by atoms with Crippen LogP contribution >= 0.6 is 11.3 Å². The number of benzene rings is 1. The number of nitrogens with zero attached hydrogens (tertiary/aromatic N) is 3. The SMILES string of the molecule is C=CCN(CC=C)c1ncnc2scc(-c3ccc(C)cc3C)c12. The van der Waals surface area contributed by atoms with E-state index in [1.54, 1.807) is 17.7 Å². The number of thiophene rings is 1. The van der Waals surface area contributed by atoms with Crippen LogP contribution in [0.25, 0.3) is 21.3 Å². The molecule has 2 heterocycles. The summed E-state index contributed by atoms with van der Waals surface area (Å²) in [5.74, 6) is 0.941. The maximum Gasteiger partial charge on any atom is 0.141 e. The van der Waals surface area contributed by atoms with Crippen LogP contribution < -0.4 is 4.90 Å². The lowest BCUT2D eigenvalue weighted by molar-refractivity contribution is 0.929. The van der Waals surface area contributed by atoms with Crippen molar-refractivity contribution in [1.29, 1.82) is 0 Å². The second-order valence-electron chi connectivity index (χ2n) is 5.83. The van der Waals surface area contributed by atoms with Crippen molar-refractivity contribution in [3.63, 3.8) is 0 Å². The van der Waals surface area contributed by atoms with Crippen LogP contribution in [0, 0.1) is 13.8 Å². The Morgan fingerprint density at radius 2 is 1.83 bits per heavy atom. The Labute approximate surface area is 147 Å². The zero-order chi connectivity index (χ0) is 17.1. The number of aryl methyl sites for hydroxylation is 2. The van der Waals surface area contributed by atoms with Gasteiger partial charge in [0.25, 0.3) is 0 Å². The molecule has 1 aromatic carbocycles. The number of aromatic nitrogens is 2. The van der Waals surface area contributed by atoms with Gasteiger partial charge in [-0.3, -0.25) is 0 Å². The highest BCUT2D eigenvalue weighted by Gasteiger charge is 2.17. The van der Waals surface area contributed by atoms with Crippen LogP contribution in [0.3, 0.4) is 0 Å². The molecule has 3 rings (SSSR count). The molecule has 0 N–H and O–H groups in total. The summed E-state index contributed by atoms with van der Waals surface area (Å²) >= 11 is 1.66. The molecule has 0 aliphatic carbocycles. The average molecular weight is 335 g/mol. The maximum atomic E-state index is 4.58. The second kappa shape index (κ2) is 6.97. The van der Waals surface area contributed by atoms with E-state index in [4.69, 9.17) is 0 Å². The maximum absolute atomic E-state index is 4.58. The van der Waals surface area contributed by atoms with E-state index in [1.807, 2.05) is 12.2 Å². The lowest BCUT2D eigenvalue weighted by Crippen LogP contribution is -2.24. The summed E-state index contributed by atoms with van der Waals surface area (Å²) < 4.78 is 0. The predicted molar refractivity (Wildman–Crippen MR) is 105 cm³/mol. The van der Waals surface area contributed by atoms with E-state index in [0.717, 1.165) is 29.1 Å². The molecule has 0 fully saturated rings. The van der Waals surface area contributed by atoms with Crippen LogP contribution in [0.15, 0.2) is 55.2 Å². The van der Waals surface area contributed by atoms with Gasteiger partial charge >= 0.3 is 0 Å². The molecule has 0 saturated heterocycles. The van der Waals surface area contributed by atoms with Crippen molar-refractivity contribution in [1.82, 2.24) is 9.97 Å². The molecular weight excluding hydrogens is 314 g/mol. The summed E-state index contributed by atoms with van der Waals surface area (Å²) in [6.07, 6.45) is 5.42. The van der Waals surface area contributed by atoms with Crippen molar-refractivity contribution in [2.45, 2.75) is 13.8 Å². The molecule has 122 valence electrons. The average Bonchev–Trinajstić information content (AvgIpc) is 2.99. The van der Waals surface area contributed by atoms with E-state index < -0.39 is 0 Å². The Morgan fingerprint density at radius 3 is 2.50 bits per heavy atom. The van der Waals surface area contributed by atoms with Crippen LogP contribution in [0.5, 0.6) is 0 Å². The summed E-state index contributed by atoms with van der Waals surface area (Å²) in [5.41, 5.74) is 4.97. The monoisotopic (exact) mass is 335 g/mol. The van der Waals surface area contributed by atoms with Gasteiger partial charge in [0.15, 0.2) is 0 Å². The van der Waals surface area contributed by atoms with Crippen LogP contribution in [-0.4, -0.2) is 23.1 Å². The Morgan fingerprint density at radius 1 is 1.08 bits per heavy atom. The number of anilines is 1. The topological polar surface area (TPSA) is 29.0 Å². The van der Waals surface area contributed by atoms with Gasteiger partial charge in [-0.25, -0.2) is 9.97 Å². The molecular formula is C20H21N3S. The van der Waals surface area contributed by atoms with Crippen LogP contribution in [0.4, 0.5) is 5.82 Å². The Balaban J connectivity index is 2.23. The molecule has 3 nitrogen and oxygen atoms in total. The third kappa shape index (κ3) is 2.97. The van der Waals surface area contributed by atoms with Crippen molar-refractivity contribution < 1.29 is 0 Å². The quantitative estimate of drug-likeness (QED) is 0.583. The first-order valence-electron chi connectivity index (χ1n) is 7.92. The van der Waals surface area contributed by atoms with Crippen LogP contribution in [-0.2, 0) is 0 Å². The number of rotatable bonds is 6. The Bertz CT molecular complexity index is 885. The molecule has 3 aromatic rings. The molecule has 0 saturated carbocycles. The van der Waals surface area contributed by atoms with Gasteiger partial charge < -0.3 is 4.90 Å². The minimum atomic E-state index is 0.723. The third-order valence-corrected chi connectivity index (χ3v) is 4.91. The fourth-order valence-corrected chi connectivity index (χ4v) is 3.87. The zero-order valence-electron chi connectivity index (χ0n) is 14.1. The highest BCUT2D eigenvalue weighted by atomic mass is 32.1. The van der Waals surface area contributed by atoms with Gasteiger partial charge in [0.2, 0.25) is 0 Å². The summed E-state index contributed by atoms with van der Waals surface area (Å²) in [7, 11) is 0. The third-order valence-electron chi connectivity index (χ3n) is 4.02. The smallest absolute Gasteiger partial charge is 0.141 e. The standard InChI is InChI=1S/C20H21N3S/c1-5-9-23(10-6-2)19-18-17(12-24-20(18)22-13-21-19)16-8-7-14(3)11-15(16)4/h5-8,11-13H,1-2,9-10H2,3-4H3. The summed E-state index contributed by atoms with van der Waals surface area (Å²) in [6.45, 7) is 13.4. The van der Waals surface area contributed by atoms with Crippen molar-refractivity contribution in [3.8, 4) is 11.1 Å². The summed E-state index contributed by atoms with van der Waals surface area (Å²) in [4.78, 5) is 12.2. The summed E-state index contributed by atoms with van der Waals surface area (Å²) in [5, 5.41) is 3.29. The molecule has 0 atom stereocenters. The fourth-order valence-electron chi connectivity index (χ4n) is 2.97. The van der Waals surface area contributed by atoms with Gasteiger partial charge in [-0.05, 0) is 25.0 Å².